The molecule has 0 bridgehead atoms. The lowest BCUT2D eigenvalue weighted by atomic mass is 10.0. The van der Waals surface area contributed by atoms with Gasteiger partial charge in [0.25, 0.3) is 0 Å². The molecule has 1 saturated heterocycles. The number of para-hydroxylation sites is 1. The van der Waals surface area contributed by atoms with Crippen molar-refractivity contribution >= 4 is 23.1 Å². The number of aromatic amines is 1. The van der Waals surface area contributed by atoms with E-state index in [9.17, 15) is 18.0 Å². The molecule has 3 rings (SSSR count). The van der Waals surface area contributed by atoms with Crippen LogP contribution in [-0.4, -0.2) is 59.4 Å². The number of rotatable bonds is 8. The molecular formula is C23H29F3N6O. The van der Waals surface area contributed by atoms with Crippen LogP contribution in [0.4, 0.5) is 24.7 Å². The monoisotopic (exact) mass is 462 g/mol. The SMILES string of the molecule is C=C(CC)C(=NC1CCCN(C(=O)CNc2ccccc2C(F)(F)F)C1)c1cn[nH]c1NC. The highest BCUT2D eigenvalue weighted by atomic mass is 19.4. The lowest BCUT2D eigenvalue weighted by molar-refractivity contribution is -0.137. The molecule has 178 valence electrons. The second kappa shape index (κ2) is 10.5. The number of amides is 1. The zero-order valence-corrected chi connectivity index (χ0v) is 18.8. The molecule has 33 heavy (non-hydrogen) atoms. The van der Waals surface area contributed by atoms with Crippen molar-refractivity contribution in [3.05, 3.63) is 53.7 Å². The van der Waals surface area contributed by atoms with Gasteiger partial charge in [-0.2, -0.15) is 18.3 Å². The number of nitrogens with zero attached hydrogens (tertiary/aromatic N) is 3. The van der Waals surface area contributed by atoms with Gasteiger partial charge < -0.3 is 15.5 Å². The number of halogens is 3. The van der Waals surface area contributed by atoms with E-state index in [1.807, 2.05) is 6.92 Å². The Morgan fingerprint density at radius 3 is 2.82 bits per heavy atom. The molecule has 10 heteroatoms. The van der Waals surface area contributed by atoms with Gasteiger partial charge in [0.1, 0.15) is 5.82 Å². The minimum absolute atomic E-state index is 0.106. The van der Waals surface area contributed by atoms with Gasteiger partial charge >= 0.3 is 6.18 Å². The topological polar surface area (TPSA) is 85.4 Å². The Kier molecular flexibility index (Phi) is 7.78. The average Bonchev–Trinajstić information content (AvgIpc) is 3.29. The molecule has 7 nitrogen and oxygen atoms in total. The van der Waals surface area contributed by atoms with Crippen LogP contribution in [0.5, 0.6) is 0 Å². The second-order valence-corrected chi connectivity index (χ2v) is 7.88. The van der Waals surface area contributed by atoms with Gasteiger partial charge in [-0.25, -0.2) is 0 Å². The van der Waals surface area contributed by atoms with Crippen LogP contribution in [0.2, 0.25) is 0 Å². The summed E-state index contributed by atoms with van der Waals surface area (Å²) < 4.78 is 39.6. The molecule has 0 radical (unpaired) electrons. The Hall–Kier alpha value is -3.30. The van der Waals surface area contributed by atoms with Gasteiger partial charge in [0, 0.05) is 25.8 Å². The minimum Gasteiger partial charge on any atom is -0.376 e. The van der Waals surface area contributed by atoms with E-state index in [0.29, 0.717) is 19.5 Å². The van der Waals surface area contributed by atoms with Crippen LogP contribution < -0.4 is 10.6 Å². The van der Waals surface area contributed by atoms with Gasteiger partial charge in [0.05, 0.1) is 35.6 Å². The number of carbonyl (C=O) groups is 1. The van der Waals surface area contributed by atoms with Crippen LogP contribution in [0, 0.1) is 0 Å². The van der Waals surface area contributed by atoms with E-state index in [1.54, 1.807) is 18.1 Å². The molecule has 3 N–H and O–H groups in total. The van der Waals surface area contributed by atoms with Crippen LogP contribution in [0.1, 0.15) is 37.3 Å². The number of aliphatic imine (C=N–C) groups is 1. The van der Waals surface area contributed by atoms with E-state index >= 15 is 0 Å². The van der Waals surface area contributed by atoms with Crippen molar-refractivity contribution in [1.82, 2.24) is 15.1 Å². The molecule has 2 heterocycles. The largest absolute Gasteiger partial charge is 0.418 e. The van der Waals surface area contributed by atoms with Crippen molar-refractivity contribution in [2.75, 3.05) is 37.3 Å². The summed E-state index contributed by atoms with van der Waals surface area (Å²) in [5, 5.41) is 12.7. The lowest BCUT2D eigenvalue weighted by Gasteiger charge is -2.31. The Morgan fingerprint density at radius 2 is 2.12 bits per heavy atom. The summed E-state index contributed by atoms with van der Waals surface area (Å²) in [5.41, 5.74) is 1.53. The molecule has 2 aromatic rings. The fraction of sp³-hybridized carbons (Fsp3) is 0.435. The van der Waals surface area contributed by atoms with Crippen LogP contribution in [0.3, 0.4) is 0 Å². The van der Waals surface area contributed by atoms with E-state index in [2.05, 4.69) is 27.4 Å². The number of H-pyrrole nitrogens is 1. The summed E-state index contributed by atoms with van der Waals surface area (Å²) in [6, 6.07) is 5.01. The van der Waals surface area contributed by atoms with Gasteiger partial charge in [-0.05, 0) is 37.0 Å². The van der Waals surface area contributed by atoms with Crippen molar-refractivity contribution in [2.24, 2.45) is 4.99 Å². The first-order valence-corrected chi connectivity index (χ1v) is 10.9. The van der Waals surface area contributed by atoms with E-state index in [-0.39, 0.29) is 24.2 Å². The molecule has 1 aromatic carbocycles. The number of benzene rings is 1. The maximum absolute atomic E-state index is 13.2. The fourth-order valence-electron chi connectivity index (χ4n) is 3.81. The molecule has 0 saturated carbocycles. The molecule has 1 atom stereocenters. The number of allylic oxidation sites excluding steroid dienone is 1. The first-order valence-electron chi connectivity index (χ1n) is 10.9. The first kappa shape index (κ1) is 24.3. The number of carbonyl (C=O) groups excluding carboxylic acids is 1. The third-order valence-electron chi connectivity index (χ3n) is 5.63. The smallest absolute Gasteiger partial charge is 0.376 e. The van der Waals surface area contributed by atoms with Gasteiger partial charge in [-0.1, -0.05) is 25.6 Å². The van der Waals surface area contributed by atoms with Gasteiger partial charge in [-0.15, -0.1) is 0 Å². The quantitative estimate of drug-likeness (QED) is 0.510. The molecule has 1 aliphatic heterocycles. The highest BCUT2D eigenvalue weighted by Crippen LogP contribution is 2.34. The Labute approximate surface area is 191 Å². The summed E-state index contributed by atoms with van der Waals surface area (Å²) in [5.74, 6) is 0.474. The molecule has 1 aliphatic rings. The number of nitrogens with one attached hydrogen (secondary N) is 3. The number of hydrogen-bond acceptors (Lipinski definition) is 5. The van der Waals surface area contributed by atoms with Gasteiger partial charge in [-0.3, -0.25) is 14.9 Å². The highest BCUT2D eigenvalue weighted by Gasteiger charge is 2.33. The zero-order chi connectivity index (χ0) is 24.0. The predicted octanol–water partition coefficient (Wildman–Crippen LogP) is 4.33. The number of anilines is 2. The third kappa shape index (κ3) is 5.94. The van der Waals surface area contributed by atoms with E-state index in [0.717, 1.165) is 41.6 Å². The van der Waals surface area contributed by atoms with E-state index in [1.165, 1.54) is 18.2 Å². The molecule has 1 unspecified atom stereocenters. The van der Waals surface area contributed by atoms with Crippen molar-refractivity contribution < 1.29 is 18.0 Å². The number of alkyl halides is 3. The Morgan fingerprint density at radius 1 is 1.36 bits per heavy atom. The van der Waals surface area contributed by atoms with Gasteiger partial charge in [0.2, 0.25) is 5.91 Å². The number of aromatic nitrogens is 2. The molecule has 0 aliphatic carbocycles. The first-order chi connectivity index (χ1) is 15.7. The van der Waals surface area contributed by atoms with E-state index < -0.39 is 11.7 Å². The van der Waals surface area contributed by atoms with Crippen LogP contribution >= 0.6 is 0 Å². The number of likely N-dealkylation sites (tertiary alicyclic amines) is 1. The standard InChI is InChI=1S/C23H29F3N6O/c1-4-15(2)21(17-12-29-31-22(17)27-3)30-16-8-7-11-32(14-16)20(33)13-28-19-10-6-5-9-18(19)23(24,25)26/h5-6,9-10,12,16,28H,2,4,7-8,11,13-14H2,1,3H3,(H2,27,29,31). The van der Waals surface area contributed by atoms with Gasteiger partial charge in [0.15, 0.2) is 0 Å². The van der Waals surface area contributed by atoms with Crippen LogP contribution in [0.15, 0.2) is 47.6 Å². The highest BCUT2D eigenvalue weighted by molar-refractivity contribution is 6.14. The molecule has 1 amide bonds. The summed E-state index contributed by atoms with van der Waals surface area (Å²) in [7, 11) is 1.79. The minimum atomic E-state index is -4.49. The molecule has 0 spiro atoms. The molecule has 1 fully saturated rings. The maximum atomic E-state index is 13.2. The van der Waals surface area contributed by atoms with Crippen molar-refractivity contribution in [2.45, 2.75) is 38.4 Å². The predicted molar refractivity (Wildman–Crippen MR) is 124 cm³/mol. The van der Waals surface area contributed by atoms with Crippen molar-refractivity contribution in [1.29, 1.82) is 0 Å². The van der Waals surface area contributed by atoms with E-state index in [4.69, 9.17) is 4.99 Å². The summed E-state index contributed by atoms with van der Waals surface area (Å²) in [6.45, 7) is 6.86. The van der Waals surface area contributed by atoms with Crippen molar-refractivity contribution in [3.63, 3.8) is 0 Å². The fourth-order valence-corrected chi connectivity index (χ4v) is 3.81. The van der Waals surface area contributed by atoms with Crippen molar-refractivity contribution in [3.8, 4) is 0 Å². The Balaban J connectivity index is 1.71. The maximum Gasteiger partial charge on any atom is 0.418 e. The number of hydrogen-bond donors (Lipinski definition) is 3. The second-order valence-electron chi connectivity index (χ2n) is 7.88. The Bertz CT molecular complexity index is 1010. The van der Waals surface area contributed by atoms with Crippen LogP contribution in [0.25, 0.3) is 0 Å². The lowest BCUT2D eigenvalue weighted by Crippen LogP contribution is -2.44. The summed E-state index contributed by atoms with van der Waals surface area (Å²) >= 11 is 0. The molecule has 1 aromatic heterocycles. The summed E-state index contributed by atoms with van der Waals surface area (Å²) in [6.07, 6.45) is -0.518. The number of piperidine rings is 1. The normalized spacial score (nSPS) is 17.1. The third-order valence-corrected chi connectivity index (χ3v) is 5.63. The van der Waals surface area contributed by atoms with Crippen LogP contribution in [-0.2, 0) is 11.0 Å². The molecular weight excluding hydrogens is 433 g/mol. The zero-order valence-electron chi connectivity index (χ0n) is 18.8. The summed E-state index contributed by atoms with van der Waals surface area (Å²) in [4.78, 5) is 19.3. The average molecular weight is 463 g/mol.